The second-order valence-electron chi connectivity index (χ2n) is 4.44. The van der Waals surface area contributed by atoms with E-state index in [-0.39, 0.29) is 11.1 Å². The van der Waals surface area contributed by atoms with Crippen LogP contribution in [0.25, 0.3) is 0 Å². The van der Waals surface area contributed by atoms with Crippen molar-refractivity contribution in [2.75, 3.05) is 13.6 Å². The van der Waals surface area contributed by atoms with Gasteiger partial charge in [-0.15, -0.1) is 0 Å². The van der Waals surface area contributed by atoms with Gasteiger partial charge in [-0.1, -0.05) is 19.8 Å². The lowest BCUT2D eigenvalue weighted by molar-refractivity contribution is -0.133. The van der Waals surface area contributed by atoms with Gasteiger partial charge < -0.3 is 10.0 Å². The molecule has 0 saturated heterocycles. The maximum Gasteiger partial charge on any atom is 0.331 e. The number of aliphatic carboxylic acids is 1. The van der Waals surface area contributed by atoms with Gasteiger partial charge in [0.15, 0.2) is 0 Å². The Hall–Kier alpha value is -1.85. The lowest BCUT2D eigenvalue weighted by Crippen LogP contribution is -2.41. The predicted molar refractivity (Wildman–Crippen MR) is 71.7 cm³/mol. The van der Waals surface area contributed by atoms with E-state index in [1.165, 1.54) is 18.7 Å². The maximum absolute atomic E-state index is 11.7. The van der Waals surface area contributed by atoms with Crippen molar-refractivity contribution in [3.8, 4) is 0 Å². The molecule has 108 valence electrons. The van der Waals surface area contributed by atoms with E-state index >= 15 is 0 Å². The first-order valence-electron chi connectivity index (χ1n) is 6.28. The smallest absolute Gasteiger partial charge is 0.331 e. The Bertz CT molecular complexity index is 388. The van der Waals surface area contributed by atoms with Crippen molar-refractivity contribution in [1.29, 1.82) is 0 Å². The largest absolute Gasteiger partial charge is 0.478 e. The number of carbonyl (C=O) groups excluding carboxylic acids is 2. The SMILES string of the molecule is CCCCCN(C)C(=O)NC(=O)C(C)=C(C)C(=O)O. The molecule has 0 bridgehead atoms. The van der Waals surface area contributed by atoms with Crippen LogP contribution in [0.2, 0.25) is 0 Å². The van der Waals surface area contributed by atoms with Crippen LogP contribution in [-0.2, 0) is 9.59 Å². The molecule has 0 aromatic heterocycles. The Balaban J connectivity index is 4.45. The first-order chi connectivity index (χ1) is 8.81. The Morgan fingerprint density at radius 2 is 1.68 bits per heavy atom. The monoisotopic (exact) mass is 270 g/mol. The lowest BCUT2D eigenvalue weighted by Gasteiger charge is -2.17. The summed E-state index contributed by atoms with van der Waals surface area (Å²) in [5, 5.41) is 10.9. The predicted octanol–water partition coefficient (Wildman–Crippen LogP) is 1.77. The summed E-state index contributed by atoms with van der Waals surface area (Å²) in [6.45, 7) is 5.33. The number of nitrogens with one attached hydrogen (secondary N) is 1. The minimum atomic E-state index is -1.17. The van der Waals surface area contributed by atoms with Crippen LogP contribution in [-0.4, -0.2) is 41.5 Å². The molecular formula is C13H22N2O4. The third-order valence-corrected chi connectivity index (χ3v) is 2.89. The highest BCUT2D eigenvalue weighted by molar-refractivity contribution is 6.07. The van der Waals surface area contributed by atoms with Gasteiger partial charge in [-0.25, -0.2) is 9.59 Å². The molecule has 0 aromatic carbocycles. The number of carboxylic acid groups (broad SMARTS) is 1. The Morgan fingerprint density at radius 3 is 2.16 bits per heavy atom. The summed E-state index contributed by atoms with van der Waals surface area (Å²) < 4.78 is 0. The first-order valence-corrected chi connectivity index (χ1v) is 6.28. The molecule has 0 atom stereocenters. The van der Waals surface area contributed by atoms with Crippen molar-refractivity contribution >= 4 is 17.9 Å². The zero-order valence-electron chi connectivity index (χ0n) is 11.9. The first kappa shape index (κ1) is 17.2. The van der Waals surface area contributed by atoms with Gasteiger partial charge >= 0.3 is 12.0 Å². The van der Waals surface area contributed by atoms with Gasteiger partial charge in [-0.3, -0.25) is 10.1 Å². The van der Waals surface area contributed by atoms with E-state index in [2.05, 4.69) is 12.2 Å². The number of carboxylic acids is 1. The maximum atomic E-state index is 11.7. The third-order valence-electron chi connectivity index (χ3n) is 2.89. The van der Waals surface area contributed by atoms with Gasteiger partial charge in [-0.2, -0.15) is 0 Å². The van der Waals surface area contributed by atoms with Crippen molar-refractivity contribution < 1.29 is 19.5 Å². The summed E-state index contributed by atoms with van der Waals surface area (Å²) in [4.78, 5) is 35.4. The molecule has 0 fully saturated rings. The fraction of sp³-hybridized carbons (Fsp3) is 0.615. The molecule has 0 radical (unpaired) electrons. The number of nitrogens with zero attached hydrogens (tertiary/aromatic N) is 1. The van der Waals surface area contributed by atoms with Crippen LogP contribution in [0.5, 0.6) is 0 Å². The van der Waals surface area contributed by atoms with Gasteiger partial charge in [0.2, 0.25) is 0 Å². The fourth-order valence-electron chi connectivity index (χ4n) is 1.32. The molecule has 0 aliphatic heterocycles. The van der Waals surface area contributed by atoms with Gasteiger partial charge in [0.25, 0.3) is 5.91 Å². The molecule has 0 saturated carbocycles. The summed E-state index contributed by atoms with van der Waals surface area (Å²) in [5.74, 6) is -1.84. The van der Waals surface area contributed by atoms with Crippen molar-refractivity contribution in [3.63, 3.8) is 0 Å². The summed E-state index contributed by atoms with van der Waals surface area (Å²) in [6.07, 6.45) is 2.94. The molecule has 0 rings (SSSR count). The van der Waals surface area contributed by atoms with Crippen LogP contribution >= 0.6 is 0 Å². The van der Waals surface area contributed by atoms with E-state index in [0.717, 1.165) is 19.3 Å². The molecular weight excluding hydrogens is 248 g/mol. The second-order valence-corrected chi connectivity index (χ2v) is 4.44. The van der Waals surface area contributed by atoms with Crippen LogP contribution in [0.15, 0.2) is 11.1 Å². The minimum Gasteiger partial charge on any atom is -0.478 e. The number of unbranched alkanes of at least 4 members (excludes halogenated alkanes) is 2. The van der Waals surface area contributed by atoms with Gasteiger partial charge in [0.1, 0.15) is 0 Å². The molecule has 19 heavy (non-hydrogen) atoms. The normalized spacial score (nSPS) is 11.6. The summed E-state index contributed by atoms with van der Waals surface area (Å²) in [5.41, 5.74) is -0.0401. The van der Waals surface area contributed by atoms with E-state index in [4.69, 9.17) is 5.11 Å². The molecule has 6 heteroatoms. The molecule has 0 aliphatic rings. The number of hydrogen-bond donors (Lipinski definition) is 2. The summed E-state index contributed by atoms with van der Waals surface area (Å²) >= 11 is 0. The Morgan fingerprint density at radius 1 is 1.11 bits per heavy atom. The molecule has 2 N–H and O–H groups in total. The van der Waals surface area contributed by atoms with Crippen molar-refractivity contribution in [2.45, 2.75) is 40.0 Å². The highest BCUT2D eigenvalue weighted by atomic mass is 16.4. The van der Waals surface area contributed by atoms with Crippen molar-refractivity contribution in [2.24, 2.45) is 0 Å². The average Bonchev–Trinajstić information content (AvgIpc) is 2.36. The number of amides is 3. The average molecular weight is 270 g/mol. The minimum absolute atomic E-state index is 0.0304. The number of imide groups is 1. The highest BCUT2D eigenvalue weighted by Crippen LogP contribution is 2.04. The van der Waals surface area contributed by atoms with E-state index in [9.17, 15) is 14.4 Å². The fourth-order valence-corrected chi connectivity index (χ4v) is 1.32. The standard InChI is InChI=1S/C13H22N2O4/c1-5-6-7-8-15(4)13(19)14-11(16)9(2)10(3)12(17)18/h5-8H2,1-4H3,(H,17,18)(H,14,16,19). The van der Waals surface area contributed by atoms with E-state index in [1.54, 1.807) is 7.05 Å². The van der Waals surface area contributed by atoms with Gasteiger partial charge in [0.05, 0.1) is 0 Å². The number of rotatable bonds is 6. The molecule has 0 aromatic rings. The number of carbonyl (C=O) groups is 3. The second kappa shape index (κ2) is 8.29. The Kier molecular flexibility index (Phi) is 7.48. The molecule has 0 heterocycles. The van der Waals surface area contributed by atoms with E-state index < -0.39 is 17.9 Å². The highest BCUT2D eigenvalue weighted by Gasteiger charge is 2.17. The van der Waals surface area contributed by atoms with Crippen LogP contribution in [0, 0.1) is 0 Å². The molecule has 0 aliphatic carbocycles. The third kappa shape index (κ3) is 6.03. The zero-order valence-corrected chi connectivity index (χ0v) is 11.9. The molecule has 0 spiro atoms. The number of hydrogen-bond acceptors (Lipinski definition) is 3. The molecule has 3 amide bonds. The lowest BCUT2D eigenvalue weighted by atomic mass is 10.1. The van der Waals surface area contributed by atoms with Gasteiger partial charge in [0, 0.05) is 24.7 Å². The van der Waals surface area contributed by atoms with E-state index in [0.29, 0.717) is 6.54 Å². The summed E-state index contributed by atoms with van der Waals surface area (Å²) in [7, 11) is 1.60. The van der Waals surface area contributed by atoms with Crippen molar-refractivity contribution in [1.82, 2.24) is 10.2 Å². The van der Waals surface area contributed by atoms with Crippen LogP contribution in [0.4, 0.5) is 4.79 Å². The zero-order chi connectivity index (χ0) is 15.0. The van der Waals surface area contributed by atoms with Crippen molar-refractivity contribution in [3.05, 3.63) is 11.1 Å². The summed E-state index contributed by atoms with van der Waals surface area (Å²) in [6, 6.07) is -0.515. The quantitative estimate of drug-likeness (QED) is 0.569. The topological polar surface area (TPSA) is 86.7 Å². The molecule has 6 nitrogen and oxygen atoms in total. The van der Waals surface area contributed by atoms with Gasteiger partial charge in [-0.05, 0) is 20.3 Å². The van der Waals surface area contributed by atoms with Crippen LogP contribution in [0.1, 0.15) is 40.0 Å². The van der Waals surface area contributed by atoms with Crippen LogP contribution in [0.3, 0.4) is 0 Å². The van der Waals surface area contributed by atoms with E-state index in [1.807, 2.05) is 0 Å². The van der Waals surface area contributed by atoms with Crippen LogP contribution < -0.4 is 5.32 Å². The molecule has 0 unspecified atom stereocenters. The Labute approximate surface area is 113 Å². The number of urea groups is 1.